The summed E-state index contributed by atoms with van der Waals surface area (Å²) in [4.78, 5) is 21.8. The third kappa shape index (κ3) is 2.71. The number of aromatic hydroxyl groups is 2. The maximum absolute atomic E-state index is 10.9. The smallest absolute Gasteiger partial charge is 0.350 e. The Morgan fingerprint density at radius 2 is 1.47 bits per heavy atom. The van der Waals surface area contributed by atoms with Gasteiger partial charge in [0.1, 0.15) is 17.1 Å². The summed E-state index contributed by atoms with van der Waals surface area (Å²) in [6.45, 7) is 0. The van der Waals surface area contributed by atoms with Crippen LogP contribution in [-0.4, -0.2) is 22.2 Å². The van der Waals surface area contributed by atoms with E-state index in [-0.39, 0.29) is 16.9 Å². The van der Waals surface area contributed by atoms with Crippen LogP contribution >= 0.6 is 0 Å². The van der Waals surface area contributed by atoms with Crippen molar-refractivity contribution in [2.45, 2.75) is 0 Å². The van der Waals surface area contributed by atoms with Crippen molar-refractivity contribution in [3.8, 4) is 11.5 Å². The Kier molecular flexibility index (Phi) is 3.47. The number of para-hydroxylation sites is 1. The summed E-state index contributed by atoms with van der Waals surface area (Å²) < 4.78 is 4.27. The molecule has 0 amide bonds. The van der Waals surface area contributed by atoms with Gasteiger partial charge in [0.25, 0.3) is 0 Å². The molecule has 0 aliphatic carbocycles. The molecule has 0 saturated heterocycles. The maximum Gasteiger partial charge on any atom is 0.350 e. The Labute approximate surface area is 108 Å². The van der Waals surface area contributed by atoms with Crippen molar-refractivity contribution in [1.29, 1.82) is 0 Å². The highest BCUT2D eigenvalue weighted by Crippen LogP contribution is 2.27. The van der Waals surface area contributed by atoms with Gasteiger partial charge in [0.15, 0.2) is 0 Å². The van der Waals surface area contributed by atoms with Crippen molar-refractivity contribution >= 4 is 11.9 Å². The van der Waals surface area contributed by atoms with Gasteiger partial charge in [-0.05, 0) is 24.3 Å². The molecule has 96 valence electrons. The van der Waals surface area contributed by atoms with E-state index >= 15 is 0 Å². The average Bonchev–Trinajstić information content (AvgIpc) is 2.68. The zero-order chi connectivity index (χ0) is 13.8. The summed E-state index contributed by atoms with van der Waals surface area (Å²) in [5.74, 6) is -1.38. The van der Waals surface area contributed by atoms with Crippen molar-refractivity contribution in [3.05, 3.63) is 59.7 Å². The number of benzene rings is 2. The number of cyclic esters (lactones) is 2. The first kappa shape index (κ1) is 12.6. The number of rotatable bonds is 0. The molecular weight excluding hydrogens is 248 g/mol. The summed E-state index contributed by atoms with van der Waals surface area (Å²) >= 11 is 0. The predicted molar refractivity (Wildman–Crippen MR) is 66.0 cm³/mol. The lowest BCUT2D eigenvalue weighted by atomic mass is 10.1. The molecular formula is C14H10O5. The molecule has 0 radical (unpaired) electrons. The molecule has 0 bridgehead atoms. The number of ether oxygens (including phenoxy) is 1. The first-order chi connectivity index (χ1) is 9.09. The first-order valence-electron chi connectivity index (χ1n) is 5.42. The summed E-state index contributed by atoms with van der Waals surface area (Å²) in [6, 6.07) is 13.0. The van der Waals surface area contributed by atoms with E-state index in [0.29, 0.717) is 5.75 Å². The molecule has 2 aromatic carbocycles. The van der Waals surface area contributed by atoms with E-state index in [4.69, 9.17) is 10.2 Å². The molecule has 1 aliphatic heterocycles. The fourth-order valence-corrected chi connectivity index (χ4v) is 1.54. The van der Waals surface area contributed by atoms with Crippen molar-refractivity contribution in [3.63, 3.8) is 0 Å². The molecule has 2 aromatic rings. The van der Waals surface area contributed by atoms with Gasteiger partial charge < -0.3 is 14.9 Å². The van der Waals surface area contributed by atoms with Crippen LogP contribution in [-0.2, 0) is 4.74 Å². The highest BCUT2D eigenvalue weighted by molar-refractivity contribution is 6.16. The van der Waals surface area contributed by atoms with Gasteiger partial charge in [0, 0.05) is 0 Å². The van der Waals surface area contributed by atoms with E-state index in [1.54, 1.807) is 24.3 Å². The number of hydrogen-bond acceptors (Lipinski definition) is 5. The van der Waals surface area contributed by atoms with Crippen LogP contribution in [0.1, 0.15) is 20.7 Å². The van der Waals surface area contributed by atoms with E-state index < -0.39 is 11.9 Å². The lowest BCUT2D eigenvalue weighted by Crippen LogP contribution is -1.97. The zero-order valence-corrected chi connectivity index (χ0v) is 9.74. The van der Waals surface area contributed by atoms with Gasteiger partial charge in [-0.2, -0.15) is 0 Å². The number of phenols is 2. The van der Waals surface area contributed by atoms with Crippen LogP contribution in [0.5, 0.6) is 11.5 Å². The second kappa shape index (κ2) is 5.22. The molecule has 0 fully saturated rings. The van der Waals surface area contributed by atoms with Crippen LogP contribution in [0.4, 0.5) is 0 Å². The third-order valence-electron chi connectivity index (χ3n) is 2.41. The molecule has 19 heavy (non-hydrogen) atoms. The maximum atomic E-state index is 10.9. The molecule has 0 spiro atoms. The molecule has 0 saturated carbocycles. The Morgan fingerprint density at radius 3 is 2.00 bits per heavy atom. The average molecular weight is 258 g/mol. The molecule has 0 atom stereocenters. The van der Waals surface area contributed by atoms with Gasteiger partial charge in [-0.25, -0.2) is 9.59 Å². The van der Waals surface area contributed by atoms with Crippen molar-refractivity contribution in [2.75, 3.05) is 0 Å². The highest BCUT2D eigenvalue weighted by Gasteiger charge is 2.31. The number of phenolic OH excluding ortho intramolecular Hbond substituents is 2. The van der Waals surface area contributed by atoms with Crippen LogP contribution < -0.4 is 0 Å². The Morgan fingerprint density at radius 1 is 0.789 bits per heavy atom. The number of hydrogen-bond donors (Lipinski definition) is 2. The molecule has 1 heterocycles. The van der Waals surface area contributed by atoms with Gasteiger partial charge >= 0.3 is 11.9 Å². The van der Waals surface area contributed by atoms with Crippen LogP contribution in [0.3, 0.4) is 0 Å². The van der Waals surface area contributed by atoms with E-state index in [1.165, 1.54) is 18.2 Å². The summed E-state index contributed by atoms with van der Waals surface area (Å²) in [7, 11) is 0. The predicted octanol–water partition coefficient (Wildman–Crippen LogP) is 2.09. The largest absolute Gasteiger partial charge is 0.508 e. The molecule has 0 unspecified atom stereocenters. The first-order valence-corrected chi connectivity index (χ1v) is 5.42. The van der Waals surface area contributed by atoms with Gasteiger partial charge in [-0.3, -0.25) is 0 Å². The fourth-order valence-electron chi connectivity index (χ4n) is 1.54. The second-order valence-corrected chi connectivity index (χ2v) is 3.71. The summed E-state index contributed by atoms with van der Waals surface area (Å²) in [5.41, 5.74) is 0.0856. The van der Waals surface area contributed by atoms with Crippen molar-refractivity contribution < 1.29 is 24.5 Å². The van der Waals surface area contributed by atoms with E-state index in [0.717, 1.165) is 0 Å². The topological polar surface area (TPSA) is 83.8 Å². The Balaban J connectivity index is 0.000000163. The van der Waals surface area contributed by atoms with Gasteiger partial charge in [0.05, 0.1) is 5.56 Å². The molecule has 0 aromatic heterocycles. The fraction of sp³-hybridized carbons (Fsp3) is 0. The number of carbonyl (C=O) groups excluding carboxylic acids is 2. The van der Waals surface area contributed by atoms with E-state index in [2.05, 4.69) is 4.74 Å². The minimum atomic E-state index is -0.784. The number of esters is 2. The van der Waals surface area contributed by atoms with Gasteiger partial charge in [0.2, 0.25) is 0 Å². The second-order valence-electron chi connectivity index (χ2n) is 3.71. The van der Waals surface area contributed by atoms with Crippen molar-refractivity contribution in [2.24, 2.45) is 0 Å². The number of carbonyl (C=O) groups is 2. The van der Waals surface area contributed by atoms with E-state index in [9.17, 15) is 9.59 Å². The molecule has 5 heteroatoms. The lowest BCUT2D eigenvalue weighted by molar-refractivity contribution is 0.0443. The Bertz CT molecular complexity index is 619. The normalized spacial score (nSPS) is 12.2. The van der Waals surface area contributed by atoms with Gasteiger partial charge in [-0.1, -0.05) is 24.3 Å². The SMILES string of the molecule is O=C1OC(=O)c2c(O)cccc21.Oc1ccccc1. The molecule has 2 N–H and O–H groups in total. The number of fused-ring (bicyclic) bond motifs is 1. The Hall–Kier alpha value is -2.82. The molecule has 1 aliphatic rings. The lowest BCUT2D eigenvalue weighted by Gasteiger charge is -1.93. The zero-order valence-electron chi connectivity index (χ0n) is 9.74. The molecule has 3 rings (SSSR count). The summed E-state index contributed by atoms with van der Waals surface area (Å²) in [5, 5.41) is 17.8. The van der Waals surface area contributed by atoms with Crippen LogP contribution in [0.2, 0.25) is 0 Å². The van der Waals surface area contributed by atoms with Crippen LogP contribution in [0.15, 0.2) is 48.5 Å². The monoisotopic (exact) mass is 258 g/mol. The van der Waals surface area contributed by atoms with Gasteiger partial charge in [-0.15, -0.1) is 0 Å². The standard InChI is InChI=1S/C8H4O4.C6H6O/c9-5-3-1-2-4-6(5)8(11)12-7(4)10;7-6-4-2-1-3-5-6/h1-3,9H;1-5,7H. The quantitative estimate of drug-likeness (QED) is 0.558. The minimum absolute atomic E-state index is 0.0394. The van der Waals surface area contributed by atoms with Crippen LogP contribution in [0, 0.1) is 0 Å². The third-order valence-corrected chi connectivity index (χ3v) is 2.41. The van der Waals surface area contributed by atoms with E-state index in [1.807, 2.05) is 6.07 Å². The highest BCUT2D eigenvalue weighted by atomic mass is 16.6. The van der Waals surface area contributed by atoms with Crippen molar-refractivity contribution in [1.82, 2.24) is 0 Å². The molecule has 5 nitrogen and oxygen atoms in total. The summed E-state index contributed by atoms with van der Waals surface area (Å²) in [6.07, 6.45) is 0. The van der Waals surface area contributed by atoms with Crippen LogP contribution in [0.25, 0.3) is 0 Å². The minimum Gasteiger partial charge on any atom is -0.508 e.